The molecule has 2 amide bonds. The molecule has 0 aliphatic carbocycles. The third-order valence-corrected chi connectivity index (χ3v) is 4.80. The average Bonchev–Trinajstić information content (AvgIpc) is 2.83. The molecule has 7 heteroatoms. The van der Waals surface area contributed by atoms with Crippen LogP contribution < -0.4 is 15.4 Å². The second kappa shape index (κ2) is 12.0. The molecule has 3 aromatic carbocycles. The summed E-state index contributed by atoms with van der Waals surface area (Å²) < 4.78 is 9.70. The molecule has 0 heterocycles. The van der Waals surface area contributed by atoms with E-state index in [1.54, 1.807) is 31.2 Å². The van der Waals surface area contributed by atoms with E-state index in [-0.39, 0.29) is 30.7 Å². The number of rotatable bonds is 8. The highest BCUT2D eigenvalue weighted by atomic mass is 16.7. The van der Waals surface area contributed by atoms with Crippen LogP contribution in [-0.2, 0) is 16.1 Å². The van der Waals surface area contributed by atoms with Gasteiger partial charge in [-0.25, -0.2) is 4.79 Å². The minimum Gasteiger partial charge on any atom is -0.434 e. The van der Waals surface area contributed by atoms with Gasteiger partial charge in [-0.15, -0.1) is 0 Å². The van der Waals surface area contributed by atoms with Gasteiger partial charge >= 0.3 is 6.16 Å². The van der Waals surface area contributed by atoms with Gasteiger partial charge in [0.25, 0.3) is 5.91 Å². The lowest BCUT2D eigenvalue weighted by Gasteiger charge is -2.11. The molecular weight excluding hydrogens is 432 g/mol. The maximum atomic E-state index is 12.5. The summed E-state index contributed by atoms with van der Waals surface area (Å²) in [6.07, 6.45) is 2.42. The third kappa shape index (κ3) is 7.34. The minimum atomic E-state index is -0.799. The molecule has 0 aliphatic rings. The summed E-state index contributed by atoms with van der Waals surface area (Å²) in [4.78, 5) is 36.3. The lowest BCUT2D eigenvalue weighted by molar-refractivity contribution is -0.111. The second-order valence-corrected chi connectivity index (χ2v) is 7.38. The van der Waals surface area contributed by atoms with Crippen LogP contribution >= 0.6 is 0 Å². The van der Waals surface area contributed by atoms with E-state index in [9.17, 15) is 14.4 Å². The number of ether oxygens (including phenoxy) is 2. The summed E-state index contributed by atoms with van der Waals surface area (Å²) in [5.41, 5.74) is 3.85. The second-order valence-electron chi connectivity index (χ2n) is 7.38. The summed E-state index contributed by atoms with van der Waals surface area (Å²) in [5, 5.41) is 5.69. The fourth-order valence-electron chi connectivity index (χ4n) is 3.02. The Hall–Kier alpha value is -4.39. The number of carbonyl (C=O) groups is 3. The van der Waals surface area contributed by atoms with Gasteiger partial charge in [0, 0.05) is 23.9 Å². The van der Waals surface area contributed by atoms with Crippen LogP contribution in [0.25, 0.3) is 6.08 Å². The zero-order valence-corrected chi connectivity index (χ0v) is 19.0. The lowest BCUT2D eigenvalue weighted by Crippen LogP contribution is -2.23. The normalized spacial score (nSPS) is 10.5. The number of nitrogens with one attached hydrogen (secondary N) is 2. The van der Waals surface area contributed by atoms with Crippen LogP contribution in [0.5, 0.6) is 5.75 Å². The van der Waals surface area contributed by atoms with Crippen LogP contribution in [-0.4, -0.2) is 24.6 Å². The summed E-state index contributed by atoms with van der Waals surface area (Å²) >= 11 is 0. The largest absolute Gasteiger partial charge is 0.513 e. The zero-order chi connectivity index (χ0) is 24.3. The smallest absolute Gasteiger partial charge is 0.434 e. The fourth-order valence-corrected chi connectivity index (χ4v) is 3.02. The van der Waals surface area contributed by atoms with Crippen molar-refractivity contribution in [2.24, 2.45) is 0 Å². The number of carbonyl (C=O) groups excluding carboxylic acids is 3. The maximum absolute atomic E-state index is 12.5. The van der Waals surface area contributed by atoms with E-state index in [2.05, 4.69) is 10.6 Å². The van der Waals surface area contributed by atoms with Crippen molar-refractivity contribution in [2.75, 3.05) is 11.9 Å². The summed E-state index contributed by atoms with van der Waals surface area (Å²) in [5.74, 6) is -0.290. The molecule has 0 bridgehead atoms. The van der Waals surface area contributed by atoms with Crippen LogP contribution in [0.15, 0.2) is 78.9 Å². The Bertz CT molecular complexity index is 1170. The highest BCUT2D eigenvalue weighted by Gasteiger charge is 2.10. The van der Waals surface area contributed by atoms with Gasteiger partial charge in [0.2, 0.25) is 5.91 Å². The lowest BCUT2D eigenvalue weighted by atomic mass is 10.1. The highest BCUT2D eigenvalue weighted by Crippen LogP contribution is 2.17. The minimum absolute atomic E-state index is 0.213. The van der Waals surface area contributed by atoms with Gasteiger partial charge < -0.3 is 20.1 Å². The fraction of sp³-hybridized carbons (Fsp3) is 0.148. The quantitative estimate of drug-likeness (QED) is 0.278. The molecule has 2 N–H and O–H groups in total. The first-order chi connectivity index (χ1) is 16.4. The Morgan fingerprint density at radius 3 is 2.32 bits per heavy atom. The predicted molar refractivity (Wildman–Crippen MR) is 131 cm³/mol. The third-order valence-electron chi connectivity index (χ3n) is 4.80. The number of amides is 2. The molecule has 174 valence electrons. The molecule has 0 atom stereocenters. The molecule has 3 aromatic rings. The van der Waals surface area contributed by atoms with Crippen LogP contribution in [0.2, 0.25) is 0 Å². The van der Waals surface area contributed by atoms with Gasteiger partial charge in [0.15, 0.2) is 0 Å². The predicted octanol–water partition coefficient (Wildman–Crippen LogP) is 5.11. The van der Waals surface area contributed by atoms with E-state index in [4.69, 9.17) is 9.47 Å². The Labute approximate surface area is 198 Å². The highest BCUT2D eigenvalue weighted by molar-refractivity contribution is 6.02. The van der Waals surface area contributed by atoms with Gasteiger partial charge in [0.1, 0.15) is 5.75 Å². The van der Waals surface area contributed by atoms with Gasteiger partial charge in [-0.1, -0.05) is 48.0 Å². The number of aryl methyl sites for hydroxylation is 1. The van der Waals surface area contributed by atoms with Crippen molar-refractivity contribution in [1.29, 1.82) is 0 Å². The molecule has 0 saturated heterocycles. The van der Waals surface area contributed by atoms with Gasteiger partial charge in [-0.3, -0.25) is 9.59 Å². The van der Waals surface area contributed by atoms with E-state index >= 15 is 0 Å². The van der Waals surface area contributed by atoms with E-state index in [1.165, 1.54) is 18.2 Å². The maximum Gasteiger partial charge on any atom is 0.513 e. The van der Waals surface area contributed by atoms with Gasteiger partial charge in [-0.05, 0) is 61.4 Å². The van der Waals surface area contributed by atoms with Crippen LogP contribution in [0, 0.1) is 6.92 Å². The molecule has 0 aliphatic heterocycles. The number of para-hydroxylation sites is 1. The molecule has 3 rings (SSSR count). The number of benzene rings is 3. The molecule has 0 aromatic heterocycles. The standard InChI is InChI=1S/C27H26N2O5/c1-3-33-27(32)34-23-15-13-21(14-16-23)26(31)28-18-22-6-4-5-7-24(22)29-25(30)17-12-20-10-8-19(2)9-11-20/h4-17H,3,18H2,1-2H3,(H,28,31)(H,29,30)/b17-12+. The number of hydrogen-bond acceptors (Lipinski definition) is 5. The average molecular weight is 459 g/mol. The monoisotopic (exact) mass is 458 g/mol. The topological polar surface area (TPSA) is 93.7 Å². The van der Waals surface area contributed by atoms with Crippen LogP contribution in [0.1, 0.15) is 34.0 Å². The van der Waals surface area contributed by atoms with E-state index in [0.29, 0.717) is 11.3 Å². The van der Waals surface area contributed by atoms with E-state index in [0.717, 1.165) is 16.7 Å². The van der Waals surface area contributed by atoms with Crippen molar-refractivity contribution in [1.82, 2.24) is 5.32 Å². The van der Waals surface area contributed by atoms with Crippen molar-refractivity contribution in [2.45, 2.75) is 20.4 Å². The molecule has 0 unspecified atom stereocenters. The molecule has 7 nitrogen and oxygen atoms in total. The molecular formula is C27H26N2O5. The first kappa shape index (κ1) is 24.3. The Morgan fingerprint density at radius 2 is 1.62 bits per heavy atom. The van der Waals surface area contributed by atoms with Crippen LogP contribution in [0.3, 0.4) is 0 Å². The molecule has 0 fully saturated rings. The summed E-state index contributed by atoms with van der Waals surface area (Å²) in [7, 11) is 0. The number of anilines is 1. The van der Waals surface area contributed by atoms with Crippen molar-refractivity contribution in [3.8, 4) is 5.75 Å². The van der Waals surface area contributed by atoms with E-state index in [1.807, 2.05) is 49.4 Å². The molecule has 0 saturated carbocycles. The Morgan fingerprint density at radius 1 is 0.912 bits per heavy atom. The van der Waals surface area contributed by atoms with Crippen molar-refractivity contribution in [3.63, 3.8) is 0 Å². The zero-order valence-electron chi connectivity index (χ0n) is 19.0. The molecule has 34 heavy (non-hydrogen) atoms. The van der Waals surface area contributed by atoms with E-state index < -0.39 is 6.16 Å². The van der Waals surface area contributed by atoms with Crippen molar-refractivity contribution < 1.29 is 23.9 Å². The Balaban J connectivity index is 1.57. The SMILES string of the molecule is CCOC(=O)Oc1ccc(C(=O)NCc2ccccc2NC(=O)/C=C/c2ccc(C)cc2)cc1. The molecule has 0 spiro atoms. The summed E-state index contributed by atoms with van der Waals surface area (Å²) in [6.45, 7) is 4.12. The first-order valence-corrected chi connectivity index (χ1v) is 10.8. The van der Waals surface area contributed by atoms with Crippen molar-refractivity contribution in [3.05, 3.63) is 101 Å². The summed E-state index contributed by atoms with van der Waals surface area (Å²) in [6, 6.07) is 21.2. The Kier molecular flexibility index (Phi) is 8.57. The number of hydrogen-bond donors (Lipinski definition) is 2. The van der Waals surface area contributed by atoms with Gasteiger partial charge in [0.05, 0.1) is 6.61 Å². The van der Waals surface area contributed by atoms with Crippen LogP contribution in [0.4, 0.5) is 10.5 Å². The van der Waals surface area contributed by atoms with Gasteiger partial charge in [-0.2, -0.15) is 0 Å². The first-order valence-electron chi connectivity index (χ1n) is 10.8. The van der Waals surface area contributed by atoms with Crippen molar-refractivity contribution >= 4 is 29.7 Å². The molecule has 0 radical (unpaired) electrons.